The van der Waals surface area contributed by atoms with Gasteiger partial charge in [0.2, 0.25) is 0 Å². The molecule has 322 valence electrons. The van der Waals surface area contributed by atoms with E-state index < -0.39 is 5.41 Å². The maximum Gasteiger partial charge on any atom is 0.160 e. The third-order valence-corrected chi connectivity index (χ3v) is 13.7. The Hall–Kier alpha value is -9.19. The van der Waals surface area contributed by atoms with Gasteiger partial charge in [0.1, 0.15) is 0 Å². The van der Waals surface area contributed by atoms with Gasteiger partial charge in [0.15, 0.2) is 11.6 Å². The first-order valence-corrected chi connectivity index (χ1v) is 23.3. The van der Waals surface area contributed by atoms with Crippen molar-refractivity contribution in [3.63, 3.8) is 0 Å². The van der Waals surface area contributed by atoms with E-state index in [4.69, 9.17) is 24.9 Å². The van der Waals surface area contributed by atoms with Crippen LogP contribution in [0.1, 0.15) is 22.3 Å². The van der Waals surface area contributed by atoms with Crippen molar-refractivity contribution in [2.75, 3.05) is 0 Å². The van der Waals surface area contributed by atoms with E-state index in [2.05, 4.69) is 218 Å². The fourth-order valence-electron chi connectivity index (χ4n) is 10.6. The van der Waals surface area contributed by atoms with Crippen LogP contribution in [0.25, 0.3) is 100 Å². The SMILES string of the molecule is c1ccc(-c2cc(-c3ccccc3)nc(-c3ccc4c(c3)C(c3ccccc3)(c3ccccc3)c3cc(-c5ncc6c(n5)c(-c5ccccc5)c(-c5ccccc5)c5ncccc56)ccc3-4)n2)cc1. The van der Waals surface area contributed by atoms with Gasteiger partial charge in [-0.2, -0.15) is 0 Å². The molecule has 3 heterocycles. The van der Waals surface area contributed by atoms with Gasteiger partial charge in [-0.05, 0) is 68.8 Å². The van der Waals surface area contributed by atoms with E-state index in [1.54, 1.807) is 0 Å². The summed E-state index contributed by atoms with van der Waals surface area (Å²) in [6.45, 7) is 0. The average molecular weight is 880 g/mol. The number of pyridine rings is 1. The highest BCUT2D eigenvalue weighted by Crippen LogP contribution is 2.57. The molecule has 0 bridgehead atoms. The van der Waals surface area contributed by atoms with Gasteiger partial charge in [-0.15, -0.1) is 0 Å². The zero-order valence-electron chi connectivity index (χ0n) is 37.4. The number of rotatable bonds is 8. The molecule has 12 aromatic rings. The molecule has 0 spiro atoms. The normalized spacial score (nSPS) is 12.5. The van der Waals surface area contributed by atoms with Crippen LogP contribution in [0.3, 0.4) is 0 Å². The molecule has 0 saturated heterocycles. The van der Waals surface area contributed by atoms with Crippen LogP contribution in [-0.2, 0) is 5.41 Å². The van der Waals surface area contributed by atoms with Crippen LogP contribution in [-0.4, -0.2) is 24.9 Å². The van der Waals surface area contributed by atoms with Crippen molar-refractivity contribution in [3.8, 4) is 78.7 Å². The summed E-state index contributed by atoms with van der Waals surface area (Å²) in [6.07, 6.45) is 3.87. The molecule has 0 aliphatic heterocycles. The van der Waals surface area contributed by atoms with Crippen LogP contribution in [0.5, 0.6) is 0 Å². The highest BCUT2D eigenvalue weighted by Gasteiger charge is 2.46. The molecular formula is C64H41N5. The molecule has 0 saturated carbocycles. The van der Waals surface area contributed by atoms with Crippen LogP contribution >= 0.6 is 0 Å². The summed E-state index contributed by atoms with van der Waals surface area (Å²) in [5.74, 6) is 1.32. The van der Waals surface area contributed by atoms with Gasteiger partial charge in [-0.3, -0.25) is 4.98 Å². The van der Waals surface area contributed by atoms with Gasteiger partial charge in [-0.25, -0.2) is 19.9 Å². The largest absolute Gasteiger partial charge is 0.256 e. The molecule has 3 aromatic heterocycles. The number of aromatic nitrogens is 5. The molecule has 0 atom stereocenters. The zero-order valence-corrected chi connectivity index (χ0v) is 37.4. The van der Waals surface area contributed by atoms with Crippen LogP contribution in [0, 0.1) is 0 Å². The summed E-state index contributed by atoms with van der Waals surface area (Å²) in [6, 6.07) is 83.4. The Labute approximate surface area is 400 Å². The van der Waals surface area contributed by atoms with Crippen LogP contribution in [0.15, 0.2) is 249 Å². The number of hydrogen-bond acceptors (Lipinski definition) is 5. The lowest BCUT2D eigenvalue weighted by Crippen LogP contribution is -2.28. The van der Waals surface area contributed by atoms with E-state index >= 15 is 0 Å². The minimum atomic E-state index is -0.715. The average Bonchev–Trinajstić information content (AvgIpc) is 3.73. The van der Waals surface area contributed by atoms with E-state index in [1.165, 1.54) is 0 Å². The minimum absolute atomic E-state index is 0.649. The first-order chi connectivity index (χ1) is 34.2. The van der Waals surface area contributed by atoms with Crippen molar-refractivity contribution in [1.82, 2.24) is 24.9 Å². The highest BCUT2D eigenvalue weighted by atomic mass is 14.9. The maximum absolute atomic E-state index is 5.59. The van der Waals surface area contributed by atoms with Crippen molar-refractivity contribution in [2.45, 2.75) is 5.41 Å². The van der Waals surface area contributed by atoms with Gasteiger partial charge in [0, 0.05) is 56.5 Å². The molecule has 69 heavy (non-hydrogen) atoms. The van der Waals surface area contributed by atoms with E-state index in [1.807, 2.05) is 30.6 Å². The van der Waals surface area contributed by atoms with Crippen molar-refractivity contribution in [2.24, 2.45) is 0 Å². The topological polar surface area (TPSA) is 64.5 Å². The van der Waals surface area contributed by atoms with E-state index in [-0.39, 0.29) is 0 Å². The Morgan fingerprint density at radius 2 is 0.754 bits per heavy atom. The van der Waals surface area contributed by atoms with Crippen LogP contribution in [0.4, 0.5) is 0 Å². The fraction of sp³-hybridized carbons (Fsp3) is 0.0156. The number of benzene rings is 9. The first kappa shape index (κ1) is 40.1. The summed E-state index contributed by atoms with van der Waals surface area (Å²) < 4.78 is 0. The molecule has 1 aliphatic rings. The smallest absolute Gasteiger partial charge is 0.160 e. The van der Waals surface area contributed by atoms with Crippen molar-refractivity contribution < 1.29 is 0 Å². The highest BCUT2D eigenvalue weighted by molar-refractivity contribution is 6.19. The second-order valence-electron chi connectivity index (χ2n) is 17.5. The molecule has 0 N–H and O–H groups in total. The lowest BCUT2D eigenvalue weighted by Gasteiger charge is -2.34. The molecule has 0 amide bonds. The monoisotopic (exact) mass is 879 g/mol. The Bertz CT molecular complexity index is 3770. The van der Waals surface area contributed by atoms with Gasteiger partial charge >= 0.3 is 0 Å². The molecule has 0 fully saturated rings. The van der Waals surface area contributed by atoms with Gasteiger partial charge in [0.05, 0.1) is 27.8 Å². The minimum Gasteiger partial charge on any atom is -0.256 e. The molecule has 1 aliphatic carbocycles. The number of nitrogens with zero attached hydrogens (tertiary/aromatic N) is 5. The van der Waals surface area contributed by atoms with Gasteiger partial charge < -0.3 is 0 Å². The summed E-state index contributed by atoms with van der Waals surface area (Å²) in [5, 5.41) is 1.97. The van der Waals surface area contributed by atoms with Crippen molar-refractivity contribution in [3.05, 3.63) is 271 Å². The quantitative estimate of drug-likeness (QED) is 0.142. The molecule has 13 rings (SSSR count). The first-order valence-electron chi connectivity index (χ1n) is 23.3. The van der Waals surface area contributed by atoms with Gasteiger partial charge in [0.25, 0.3) is 0 Å². The molecule has 0 radical (unpaired) electrons. The third-order valence-electron chi connectivity index (χ3n) is 13.7. The van der Waals surface area contributed by atoms with Crippen molar-refractivity contribution >= 4 is 21.8 Å². The molecule has 5 heteroatoms. The molecule has 9 aromatic carbocycles. The Morgan fingerprint density at radius 3 is 1.26 bits per heavy atom. The standard InChI is InChI=1S/C64H41N5/c1-7-20-42(21-8-1)56-40-57(43-22-9-2-10-23-43)68-63(67-56)47-34-36-51-50-35-33-46(38-54(50)64(55(51)39-47,48-28-15-5-16-29-48)49-30-17-6-18-31-49)62-66-41-53-52-32-19-37-65-60(52)58(44-24-11-3-12-25-44)59(61(53)69-62)45-26-13-4-14-27-45/h1-41H. The zero-order chi connectivity index (χ0) is 45.7. The van der Waals surface area contributed by atoms with Crippen LogP contribution < -0.4 is 0 Å². The number of hydrogen-bond donors (Lipinski definition) is 0. The Kier molecular flexibility index (Phi) is 9.65. The second kappa shape index (κ2) is 16.6. The fourth-order valence-corrected chi connectivity index (χ4v) is 10.6. The lowest BCUT2D eigenvalue weighted by atomic mass is 9.67. The predicted molar refractivity (Wildman–Crippen MR) is 280 cm³/mol. The summed E-state index contributed by atoms with van der Waals surface area (Å²) in [5.41, 5.74) is 18.0. The third kappa shape index (κ3) is 6.66. The maximum atomic E-state index is 5.59. The summed E-state index contributed by atoms with van der Waals surface area (Å²) in [7, 11) is 0. The van der Waals surface area contributed by atoms with Gasteiger partial charge in [-0.1, -0.05) is 212 Å². The summed E-state index contributed by atoms with van der Waals surface area (Å²) >= 11 is 0. The number of fused-ring (bicyclic) bond motifs is 6. The van der Waals surface area contributed by atoms with E-state index in [9.17, 15) is 0 Å². The second-order valence-corrected chi connectivity index (χ2v) is 17.5. The summed E-state index contributed by atoms with van der Waals surface area (Å²) in [4.78, 5) is 26.4. The molecular weight excluding hydrogens is 839 g/mol. The lowest BCUT2D eigenvalue weighted by molar-refractivity contribution is 0.768. The van der Waals surface area contributed by atoms with Crippen molar-refractivity contribution in [1.29, 1.82) is 0 Å². The Morgan fingerprint density at radius 1 is 0.304 bits per heavy atom. The molecule has 5 nitrogen and oxygen atoms in total. The van der Waals surface area contributed by atoms with E-state index in [0.717, 1.165) is 111 Å². The van der Waals surface area contributed by atoms with Crippen LogP contribution in [0.2, 0.25) is 0 Å². The predicted octanol–water partition coefficient (Wildman–Crippen LogP) is 15.3. The molecule has 0 unspecified atom stereocenters. The Balaban J connectivity index is 1.05. The van der Waals surface area contributed by atoms with E-state index in [0.29, 0.717) is 11.6 Å².